The van der Waals surface area contributed by atoms with Crippen LogP contribution in [0.1, 0.15) is 68.5 Å². The highest BCUT2D eigenvalue weighted by Gasteiger charge is 2.49. The van der Waals surface area contributed by atoms with Crippen LogP contribution in [-0.4, -0.2) is 26.3 Å². The van der Waals surface area contributed by atoms with E-state index in [1.165, 1.54) is 0 Å². The number of hydrogen-bond acceptors (Lipinski definition) is 6. The molecule has 0 atom stereocenters. The van der Waals surface area contributed by atoms with Crippen molar-refractivity contribution in [1.29, 1.82) is 10.5 Å². The SMILES string of the molecule is Cc1ccc(S(=O)(=O)C2(C#N)Cc3cc4c5cc3CCCc3cc(c(cc3C2)CC(C#N)(S(=O)(=O)c2ccc(C)cc2)C4)CCC5)cc1. The third-order valence-electron chi connectivity index (χ3n) is 10.8. The lowest BCUT2D eigenvalue weighted by Crippen LogP contribution is -2.44. The molecule has 0 amide bonds. The summed E-state index contributed by atoms with van der Waals surface area (Å²) in [5.41, 5.74) is 8.79. The Labute approximate surface area is 283 Å². The average molecular weight is 675 g/mol. The summed E-state index contributed by atoms with van der Waals surface area (Å²) < 4.78 is 55.2. The van der Waals surface area contributed by atoms with Crippen LogP contribution in [0.2, 0.25) is 0 Å². The monoisotopic (exact) mass is 674 g/mol. The van der Waals surface area contributed by atoms with Crippen molar-refractivity contribution in [1.82, 2.24) is 0 Å². The summed E-state index contributed by atoms with van der Waals surface area (Å²) in [5, 5.41) is 22.0. The van der Waals surface area contributed by atoms with Crippen molar-refractivity contribution in [3.63, 3.8) is 0 Å². The molecule has 48 heavy (non-hydrogen) atoms. The van der Waals surface area contributed by atoms with E-state index in [2.05, 4.69) is 24.3 Å². The molecule has 0 saturated heterocycles. The molecule has 0 aliphatic heterocycles. The summed E-state index contributed by atoms with van der Waals surface area (Å²) in [6.45, 7) is 3.79. The topological polar surface area (TPSA) is 116 Å². The maximum atomic E-state index is 14.7. The third kappa shape index (κ3) is 5.18. The van der Waals surface area contributed by atoms with Crippen LogP contribution >= 0.6 is 0 Å². The summed E-state index contributed by atoms with van der Waals surface area (Å²) in [6, 6.07) is 26.2. The van der Waals surface area contributed by atoms with E-state index in [0.29, 0.717) is 25.7 Å². The van der Waals surface area contributed by atoms with E-state index >= 15 is 0 Å². The predicted octanol–water partition coefficient (Wildman–Crippen LogP) is 6.64. The first-order valence-corrected chi connectivity index (χ1v) is 19.6. The fourth-order valence-electron chi connectivity index (χ4n) is 8.01. The molecule has 0 aromatic heterocycles. The van der Waals surface area contributed by atoms with E-state index in [9.17, 15) is 27.4 Å². The molecule has 0 fully saturated rings. The van der Waals surface area contributed by atoms with Crippen molar-refractivity contribution < 1.29 is 16.8 Å². The van der Waals surface area contributed by atoms with Gasteiger partial charge in [-0.25, -0.2) is 16.8 Å². The molecule has 2 aliphatic carbocycles. The van der Waals surface area contributed by atoms with Crippen molar-refractivity contribution in [3.8, 4) is 12.1 Å². The molecular weight excluding hydrogens is 637 g/mol. The number of benzene rings is 4. The van der Waals surface area contributed by atoms with Gasteiger partial charge in [0.2, 0.25) is 0 Å². The van der Waals surface area contributed by atoms with Crippen LogP contribution in [0, 0.1) is 36.5 Å². The van der Waals surface area contributed by atoms with Crippen LogP contribution in [0.4, 0.5) is 0 Å². The van der Waals surface area contributed by atoms with Crippen LogP contribution in [0.3, 0.4) is 0 Å². The van der Waals surface area contributed by atoms with Gasteiger partial charge in [-0.15, -0.1) is 0 Å². The number of hydrogen-bond donors (Lipinski definition) is 0. The number of rotatable bonds is 4. The molecule has 4 aromatic carbocycles. The minimum atomic E-state index is -4.17. The van der Waals surface area contributed by atoms with Gasteiger partial charge in [0.25, 0.3) is 0 Å². The van der Waals surface area contributed by atoms with Crippen LogP contribution in [0.25, 0.3) is 0 Å². The molecule has 244 valence electrons. The zero-order chi connectivity index (χ0) is 33.9. The summed E-state index contributed by atoms with van der Waals surface area (Å²) in [5.74, 6) is 0. The van der Waals surface area contributed by atoms with Gasteiger partial charge in [-0.1, -0.05) is 59.7 Å². The van der Waals surface area contributed by atoms with Crippen molar-refractivity contribution >= 4 is 19.7 Å². The Morgan fingerprint density at radius 2 is 0.750 bits per heavy atom. The smallest absolute Gasteiger partial charge is 0.198 e. The van der Waals surface area contributed by atoms with Gasteiger partial charge in [-0.05, 0) is 121 Å². The number of nitrogens with zero attached hydrogens (tertiary/aromatic N) is 2. The Morgan fingerprint density at radius 3 is 1.02 bits per heavy atom. The van der Waals surface area contributed by atoms with E-state index in [0.717, 1.165) is 68.5 Å². The largest absolute Gasteiger partial charge is 0.222 e. The zero-order valence-corrected chi connectivity index (χ0v) is 29.0. The van der Waals surface area contributed by atoms with Crippen molar-refractivity contribution in [2.75, 3.05) is 0 Å². The lowest BCUT2D eigenvalue weighted by molar-refractivity contribution is 0.540. The van der Waals surface area contributed by atoms with Gasteiger partial charge >= 0.3 is 0 Å². The standard InChI is InChI=1S/C40H38N2O4S2/c1-27-9-13-37(14-10-27)47(43,44)39(25-41)21-33-19-35-23-40(26-42,48(45,46)38-15-11-28(2)12-16-38)24-36-20-34(22-39)30-6-3-5-29(33)17-31(35)7-4-8-32(36)18-30/h9-20H,3-8,21-24H2,1-2H3. The first kappa shape index (κ1) is 32.3. The van der Waals surface area contributed by atoms with Crippen LogP contribution < -0.4 is 0 Å². The van der Waals surface area contributed by atoms with Gasteiger partial charge in [0.05, 0.1) is 21.9 Å². The number of aryl methyl sites for hydroxylation is 6. The first-order valence-electron chi connectivity index (χ1n) is 16.6. The molecule has 6 rings (SSSR count). The van der Waals surface area contributed by atoms with Crippen LogP contribution in [-0.2, 0) is 71.0 Å². The fraction of sp³-hybridized carbons (Fsp3) is 0.350. The second-order valence-corrected chi connectivity index (χ2v) is 18.6. The Bertz CT molecular complexity index is 2040. The highest BCUT2D eigenvalue weighted by Crippen LogP contribution is 2.42. The maximum absolute atomic E-state index is 14.7. The Morgan fingerprint density at radius 1 is 0.479 bits per heavy atom. The van der Waals surface area contributed by atoms with Gasteiger partial charge in [-0.3, -0.25) is 0 Å². The molecule has 2 aliphatic rings. The summed E-state index contributed by atoms with van der Waals surface area (Å²) in [6.07, 6.45) is 4.40. The van der Waals surface area contributed by atoms with Gasteiger partial charge in [0, 0.05) is 25.7 Å². The van der Waals surface area contributed by atoms with Crippen molar-refractivity contribution in [3.05, 3.63) is 128 Å². The molecular formula is C40H38N2O4S2. The van der Waals surface area contributed by atoms with Gasteiger partial charge < -0.3 is 0 Å². The van der Waals surface area contributed by atoms with Gasteiger partial charge in [0.1, 0.15) is 0 Å². The lowest BCUT2D eigenvalue weighted by Gasteiger charge is -2.34. The van der Waals surface area contributed by atoms with Crippen LogP contribution in [0.5, 0.6) is 0 Å². The zero-order valence-electron chi connectivity index (χ0n) is 27.3. The Hall–Kier alpha value is -4.24. The highest BCUT2D eigenvalue weighted by atomic mass is 32.2. The molecule has 6 nitrogen and oxygen atoms in total. The fourth-order valence-corrected chi connectivity index (χ4v) is 11.5. The van der Waals surface area contributed by atoms with E-state index in [1.54, 1.807) is 48.5 Å². The quantitative estimate of drug-likeness (QED) is 0.240. The predicted molar refractivity (Wildman–Crippen MR) is 185 cm³/mol. The summed E-state index contributed by atoms with van der Waals surface area (Å²) in [7, 11) is -8.34. The first-order chi connectivity index (χ1) is 22.9. The van der Waals surface area contributed by atoms with E-state index in [1.807, 2.05) is 26.0 Å². The molecule has 0 radical (unpaired) electrons. The Kier molecular flexibility index (Phi) is 7.89. The minimum Gasteiger partial charge on any atom is -0.222 e. The third-order valence-corrected chi connectivity index (χ3v) is 15.4. The normalized spacial score (nSPS) is 18.0. The highest BCUT2D eigenvalue weighted by molar-refractivity contribution is 7.93. The second kappa shape index (κ2) is 11.7. The molecule has 0 saturated carbocycles. The molecule has 8 heteroatoms. The molecule has 4 aromatic rings. The number of sulfone groups is 2. The molecule has 0 bridgehead atoms. The second-order valence-electron chi connectivity index (χ2n) is 14.0. The number of nitriles is 2. The summed E-state index contributed by atoms with van der Waals surface area (Å²) >= 11 is 0. The minimum absolute atomic E-state index is 0.0386. The number of fused-ring (bicyclic) bond motifs is 4. The van der Waals surface area contributed by atoms with Gasteiger partial charge in [0.15, 0.2) is 29.2 Å². The maximum Gasteiger partial charge on any atom is 0.198 e. The lowest BCUT2D eigenvalue weighted by atomic mass is 9.77. The molecule has 0 spiro atoms. The molecule has 0 heterocycles. The average Bonchev–Trinajstić information content (AvgIpc) is 3.06. The molecule has 0 N–H and O–H groups in total. The van der Waals surface area contributed by atoms with E-state index < -0.39 is 29.2 Å². The van der Waals surface area contributed by atoms with E-state index in [4.69, 9.17) is 0 Å². The van der Waals surface area contributed by atoms with E-state index in [-0.39, 0.29) is 35.5 Å². The molecule has 0 unspecified atom stereocenters. The van der Waals surface area contributed by atoms with Crippen molar-refractivity contribution in [2.24, 2.45) is 0 Å². The Balaban J connectivity index is 1.54. The summed E-state index contributed by atoms with van der Waals surface area (Å²) in [4.78, 5) is 0.230. The van der Waals surface area contributed by atoms with Crippen molar-refractivity contribution in [2.45, 2.75) is 97.3 Å². The van der Waals surface area contributed by atoms with Crippen LogP contribution in [0.15, 0.2) is 82.6 Å². The van der Waals surface area contributed by atoms with Gasteiger partial charge in [-0.2, -0.15) is 10.5 Å².